The number of sulfonamides is 1. The van der Waals surface area contributed by atoms with E-state index in [-0.39, 0.29) is 4.90 Å². The van der Waals surface area contributed by atoms with Crippen LogP contribution in [0.15, 0.2) is 83.9 Å². The summed E-state index contributed by atoms with van der Waals surface area (Å²) in [7, 11) is -3.83. The summed E-state index contributed by atoms with van der Waals surface area (Å²) < 4.78 is 41.0. The Morgan fingerprint density at radius 3 is 2.17 bits per heavy atom. The summed E-state index contributed by atoms with van der Waals surface area (Å²) in [6, 6.07) is 18.6. The molecule has 0 fully saturated rings. The third-order valence-electron chi connectivity index (χ3n) is 3.51. The van der Waals surface area contributed by atoms with E-state index in [1.165, 1.54) is 12.1 Å². The monoisotopic (exact) mass is 342 g/mol. The Morgan fingerprint density at radius 1 is 0.875 bits per heavy atom. The summed E-state index contributed by atoms with van der Waals surface area (Å²) in [6.45, 7) is 0. The van der Waals surface area contributed by atoms with E-state index in [0.29, 0.717) is 5.69 Å². The Labute approximate surface area is 140 Å². The van der Waals surface area contributed by atoms with E-state index < -0.39 is 21.9 Å². The second-order valence-corrected chi connectivity index (χ2v) is 6.89. The zero-order valence-electron chi connectivity index (χ0n) is 12.6. The Morgan fingerprint density at radius 2 is 1.54 bits per heavy atom. The van der Waals surface area contributed by atoms with Gasteiger partial charge in [-0.25, -0.2) is 12.8 Å². The highest BCUT2D eigenvalue weighted by atomic mass is 32.2. The molecule has 0 saturated carbocycles. The molecule has 0 saturated heterocycles. The molecule has 1 aromatic heterocycles. The van der Waals surface area contributed by atoms with E-state index in [1.807, 2.05) is 30.3 Å². The lowest BCUT2D eigenvalue weighted by Gasteiger charge is -2.19. The molecule has 4 nitrogen and oxygen atoms in total. The van der Waals surface area contributed by atoms with Crippen molar-refractivity contribution < 1.29 is 12.8 Å². The largest absolute Gasteiger partial charge is 0.259 e. The van der Waals surface area contributed by atoms with Gasteiger partial charge in [0.25, 0.3) is 0 Å². The smallest absolute Gasteiger partial charge is 0.241 e. The molecule has 1 heterocycles. The Bertz CT molecular complexity index is 859. The molecule has 0 aliphatic carbocycles. The molecule has 1 atom stereocenters. The summed E-state index contributed by atoms with van der Waals surface area (Å²) in [5.74, 6) is -0.488. The fourth-order valence-corrected chi connectivity index (χ4v) is 3.53. The SMILES string of the molecule is O=S(=O)(NC(c1ccccc1)c1ccccn1)c1ccc(F)cc1. The molecule has 0 aliphatic heterocycles. The van der Waals surface area contributed by atoms with Gasteiger partial charge in [0.15, 0.2) is 0 Å². The van der Waals surface area contributed by atoms with Crippen molar-refractivity contribution in [2.75, 3.05) is 0 Å². The van der Waals surface area contributed by atoms with Crippen LogP contribution < -0.4 is 4.72 Å². The van der Waals surface area contributed by atoms with Crippen LogP contribution >= 0.6 is 0 Å². The molecule has 3 aromatic rings. The zero-order valence-corrected chi connectivity index (χ0v) is 13.4. The molecule has 2 aromatic carbocycles. The van der Waals surface area contributed by atoms with Gasteiger partial charge in [-0.3, -0.25) is 4.98 Å². The topological polar surface area (TPSA) is 59.1 Å². The summed E-state index contributed by atoms with van der Waals surface area (Å²) >= 11 is 0. The van der Waals surface area contributed by atoms with Gasteiger partial charge in [0.1, 0.15) is 5.82 Å². The molecule has 1 N–H and O–H groups in total. The molecule has 0 aliphatic rings. The third kappa shape index (κ3) is 3.67. The van der Waals surface area contributed by atoms with Crippen molar-refractivity contribution in [3.05, 3.63) is 96.1 Å². The minimum atomic E-state index is -3.83. The van der Waals surface area contributed by atoms with E-state index in [2.05, 4.69) is 9.71 Å². The molecule has 3 rings (SSSR count). The van der Waals surface area contributed by atoms with Crippen molar-refractivity contribution in [1.82, 2.24) is 9.71 Å². The molecule has 122 valence electrons. The lowest BCUT2D eigenvalue weighted by Crippen LogP contribution is -2.30. The molecule has 0 spiro atoms. The number of nitrogens with one attached hydrogen (secondary N) is 1. The Hall–Kier alpha value is -2.57. The minimum absolute atomic E-state index is 0.000706. The van der Waals surface area contributed by atoms with Crippen molar-refractivity contribution in [3.8, 4) is 0 Å². The molecule has 0 amide bonds. The summed E-state index contributed by atoms with van der Waals surface area (Å²) in [4.78, 5) is 4.26. The number of pyridine rings is 1. The first-order valence-corrected chi connectivity index (χ1v) is 8.78. The number of benzene rings is 2. The molecule has 0 radical (unpaired) electrons. The summed E-state index contributed by atoms with van der Waals surface area (Å²) in [5, 5.41) is 0. The predicted molar refractivity (Wildman–Crippen MR) is 89.2 cm³/mol. The van der Waals surface area contributed by atoms with Crippen LogP contribution in [-0.4, -0.2) is 13.4 Å². The van der Waals surface area contributed by atoms with Crippen molar-refractivity contribution in [2.24, 2.45) is 0 Å². The van der Waals surface area contributed by atoms with E-state index in [4.69, 9.17) is 0 Å². The highest BCUT2D eigenvalue weighted by molar-refractivity contribution is 7.89. The van der Waals surface area contributed by atoms with E-state index in [9.17, 15) is 12.8 Å². The normalized spacial score (nSPS) is 12.7. The number of aromatic nitrogens is 1. The van der Waals surface area contributed by atoms with Crippen molar-refractivity contribution >= 4 is 10.0 Å². The van der Waals surface area contributed by atoms with Gasteiger partial charge in [-0.2, -0.15) is 4.72 Å². The van der Waals surface area contributed by atoms with Crippen LogP contribution in [0.5, 0.6) is 0 Å². The van der Waals surface area contributed by atoms with Gasteiger partial charge in [0, 0.05) is 6.20 Å². The van der Waals surface area contributed by atoms with Crippen LogP contribution in [0, 0.1) is 5.82 Å². The first-order valence-electron chi connectivity index (χ1n) is 7.30. The highest BCUT2D eigenvalue weighted by Gasteiger charge is 2.23. The molecular weight excluding hydrogens is 327 g/mol. The highest BCUT2D eigenvalue weighted by Crippen LogP contribution is 2.23. The lowest BCUT2D eigenvalue weighted by molar-refractivity contribution is 0.569. The number of nitrogens with zero attached hydrogens (tertiary/aromatic N) is 1. The van der Waals surface area contributed by atoms with Crippen molar-refractivity contribution in [1.29, 1.82) is 0 Å². The average molecular weight is 342 g/mol. The van der Waals surface area contributed by atoms with E-state index in [0.717, 1.165) is 17.7 Å². The Kier molecular flexibility index (Phi) is 4.69. The van der Waals surface area contributed by atoms with Crippen LogP contribution in [-0.2, 0) is 10.0 Å². The maximum atomic E-state index is 13.0. The van der Waals surface area contributed by atoms with Gasteiger partial charge in [-0.05, 0) is 42.0 Å². The molecule has 6 heteroatoms. The van der Waals surface area contributed by atoms with Crippen molar-refractivity contribution in [3.63, 3.8) is 0 Å². The lowest BCUT2D eigenvalue weighted by atomic mass is 10.0. The molecule has 1 unspecified atom stereocenters. The first kappa shape index (κ1) is 16.3. The zero-order chi connectivity index (χ0) is 17.0. The van der Waals surface area contributed by atoms with Gasteiger partial charge in [-0.15, -0.1) is 0 Å². The summed E-state index contributed by atoms with van der Waals surface area (Å²) in [6.07, 6.45) is 1.61. The van der Waals surface area contributed by atoms with Crippen LogP contribution in [0.25, 0.3) is 0 Å². The second kappa shape index (κ2) is 6.90. The quantitative estimate of drug-likeness (QED) is 0.774. The van der Waals surface area contributed by atoms with Gasteiger partial charge in [-0.1, -0.05) is 36.4 Å². The third-order valence-corrected chi connectivity index (χ3v) is 4.95. The fraction of sp³-hybridized carbons (Fsp3) is 0.0556. The molecule has 0 bridgehead atoms. The van der Waals surface area contributed by atoms with Crippen LogP contribution in [0.2, 0.25) is 0 Å². The van der Waals surface area contributed by atoms with Gasteiger partial charge in [0.2, 0.25) is 10.0 Å². The van der Waals surface area contributed by atoms with Gasteiger partial charge in [0.05, 0.1) is 16.6 Å². The standard InChI is InChI=1S/C18H15FN2O2S/c19-15-9-11-16(12-10-15)24(22,23)21-18(14-6-2-1-3-7-14)17-8-4-5-13-20-17/h1-13,18,21H. The molecular formula is C18H15FN2O2S. The molecule has 24 heavy (non-hydrogen) atoms. The number of halogens is 1. The number of hydrogen-bond acceptors (Lipinski definition) is 3. The van der Waals surface area contributed by atoms with Crippen LogP contribution in [0.1, 0.15) is 17.3 Å². The maximum absolute atomic E-state index is 13.0. The second-order valence-electron chi connectivity index (χ2n) is 5.17. The minimum Gasteiger partial charge on any atom is -0.259 e. The van der Waals surface area contributed by atoms with Crippen LogP contribution in [0.3, 0.4) is 0 Å². The number of hydrogen-bond donors (Lipinski definition) is 1. The van der Waals surface area contributed by atoms with Gasteiger partial charge >= 0.3 is 0 Å². The van der Waals surface area contributed by atoms with E-state index in [1.54, 1.807) is 24.4 Å². The maximum Gasteiger partial charge on any atom is 0.241 e. The first-order chi connectivity index (χ1) is 11.6. The number of rotatable bonds is 5. The van der Waals surface area contributed by atoms with Crippen molar-refractivity contribution in [2.45, 2.75) is 10.9 Å². The summed E-state index contributed by atoms with van der Waals surface area (Å²) in [5.41, 5.74) is 1.34. The van der Waals surface area contributed by atoms with Gasteiger partial charge < -0.3 is 0 Å². The predicted octanol–water partition coefficient (Wildman–Crippen LogP) is 3.29. The van der Waals surface area contributed by atoms with E-state index >= 15 is 0 Å². The fourth-order valence-electron chi connectivity index (χ4n) is 2.33. The van der Waals surface area contributed by atoms with Crippen LogP contribution in [0.4, 0.5) is 4.39 Å². The Balaban J connectivity index is 1.99. The average Bonchev–Trinajstić information content (AvgIpc) is 2.62.